The molecule has 1 aliphatic heterocycles. The van der Waals surface area contributed by atoms with E-state index in [1.54, 1.807) is 25.1 Å². The highest BCUT2D eigenvalue weighted by atomic mass is 19.1. The van der Waals surface area contributed by atoms with Crippen molar-refractivity contribution >= 4 is 17.7 Å². The van der Waals surface area contributed by atoms with Gasteiger partial charge in [-0.25, -0.2) is 8.78 Å². The molecule has 1 aliphatic rings. The second kappa shape index (κ2) is 7.88. The first-order valence-electron chi connectivity index (χ1n) is 8.97. The van der Waals surface area contributed by atoms with E-state index in [-0.39, 0.29) is 24.9 Å². The molecular weight excluding hydrogens is 366 g/mol. The van der Waals surface area contributed by atoms with Gasteiger partial charge in [-0.2, -0.15) is 0 Å². The van der Waals surface area contributed by atoms with E-state index >= 15 is 0 Å². The summed E-state index contributed by atoms with van der Waals surface area (Å²) in [7, 11) is 0. The molecule has 0 saturated carbocycles. The fourth-order valence-electron chi connectivity index (χ4n) is 3.25. The normalized spacial score (nSPS) is 14.2. The highest BCUT2D eigenvalue weighted by Gasteiger charge is 2.35. The predicted molar refractivity (Wildman–Crippen MR) is 98.8 cm³/mol. The monoisotopic (exact) mass is 386 g/mol. The zero-order valence-corrected chi connectivity index (χ0v) is 15.6. The van der Waals surface area contributed by atoms with Crippen molar-refractivity contribution in [2.75, 3.05) is 6.54 Å². The van der Waals surface area contributed by atoms with E-state index in [2.05, 4.69) is 5.32 Å². The largest absolute Gasteiger partial charge is 0.353 e. The van der Waals surface area contributed by atoms with Crippen LogP contribution in [-0.2, 0) is 11.2 Å². The van der Waals surface area contributed by atoms with E-state index in [4.69, 9.17) is 0 Å². The summed E-state index contributed by atoms with van der Waals surface area (Å²) in [6.07, 6.45) is -0.0922. The van der Waals surface area contributed by atoms with Crippen LogP contribution in [0.25, 0.3) is 0 Å². The van der Waals surface area contributed by atoms with Gasteiger partial charge in [-0.15, -0.1) is 0 Å². The number of hydrogen-bond donors (Lipinski definition) is 1. The summed E-state index contributed by atoms with van der Waals surface area (Å²) in [5.74, 6) is -2.57. The first-order valence-corrected chi connectivity index (χ1v) is 8.97. The van der Waals surface area contributed by atoms with Gasteiger partial charge in [0.1, 0.15) is 11.6 Å². The summed E-state index contributed by atoms with van der Waals surface area (Å²) in [4.78, 5) is 38.0. The third-order valence-electron chi connectivity index (χ3n) is 4.67. The van der Waals surface area contributed by atoms with Gasteiger partial charge in [0.2, 0.25) is 5.91 Å². The molecule has 1 N–H and O–H groups in total. The topological polar surface area (TPSA) is 66.5 Å². The molecule has 0 saturated heterocycles. The van der Waals surface area contributed by atoms with Crippen molar-refractivity contribution < 1.29 is 23.2 Å². The van der Waals surface area contributed by atoms with Crippen molar-refractivity contribution in [3.63, 3.8) is 0 Å². The molecular formula is C21H20F2N2O3. The molecule has 28 heavy (non-hydrogen) atoms. The molecule has 2 aromatic rings. The average molecular weight is 386 g/mol. The zero-order chi connectivity index (χ0) is 20.4. The average Bonchev–Trinajstić information content (AvgIpc) is 2.86. The number of nitrogens with zero attached hydrogens (tertiary/aromatic N) is 1. The summed E-state index contributed by atoms with van der Waals surface area (Å²) < 4.78 is 27.4. The van der Waals surface area contributed by atoms with Crippen LogP contribution in [-0.4, -0.2) is 35.2 Å². The van der Waals surface area contributed by atoms with Crippen molar-refractivity contribution in [2.45, 2.75) is 32.7 Å². The van der Waals surface area contributed by atoms with Gasteiger partial charge in [0.15, 0.2) is 0 Å². The van der Waals surface area contributed by atoms with Gasteiger partial charge in [-0.05, 0) is 44.5 Å². The lowest BCUT2D eigenvalue weighted by Gasteiger charge is -2.17. The Morgan fingerprint density at radius 2 is 1.71 bits per heavy atom. The fourth-order valence-corrected chi connectivity index (χ4v) is 3.25. The molecule has 0 fully saturated rings. The van der Waals surface area contributed by atoms with Crippen molar-refractivity contribution in [2.24, 2.45) is 0 Å². The summed E-state index contributed by atoms with van der Waals surface area (Å²) in [6.45, 7) is 3.40. The second-order valence-corrected chi connectivity index (χ2v) is 6.93. The van der Waals surface area contributed by atoms with E-state index < -0.39 is 35.4 Å². The van der Waals surface area contributed by atoms with E-state index in [0.29, 0.717) is 11.1 Å². The summed E-state index contributed by atoms with van der Waals surface area (Å²) in [6, 6.07) is 8.11. The summed E-state index contributed by atoms with van der Waals surface area (Å²) in [5, 5.41) is 2.65. The van der Waals surface area contributed by atoms with Crippen LogP contribution < -0.4 is 5.32 Å². The predicted octanol–water partition coefficient (Wildman–Crippen LogP) is 3.01. The van der Waals surface area contributed by atoms with Gasteiger partial charge in [0, 0.05) is 24.6 Å². The number of carbonyl (C=O) groups is 3. The van der Waals surface area contributed by atoms with Crippen molar-refractivity contribution in [1.29, 1.82) is 0 Å². The van der Waals surface area contributed by atoms with E-state index in [0.717, 1.165) is 22.6 Å². The number of benzene rings is 2. The van der Waals surface area contributed by atoms with Gasteiger partial charge in [-0.1, -0.05) is 17.7 Å². The SMILES string of the molecule is Cc1ccc2c(c1)C(=O)N(CCC(=O)NC(C)Cc1c(F)cccc1F)C2=O. The molecule has 2 aromatic carbocycles. The number of halogens is 2. The number of fused-ring (bicyclic) bond motifs is 1. The lowest BCUT2D eigenvalue weighted by atomic mass is 10.1. The van der Waals surface area contributed by atoms with Crippen LogP contribution in [0.2, 0.25) is 0 Å². The van der Waals surface area contributed by atoms with Crippen LogP contribution in [0, 0.1) is 18.6 Å². The number of aryl methyl sites for hydroxylation is 1. The molecule has 0 radical (unpaired) electrons. The third-order valence-corrected chi connectivity index (χ3v) is 4.67. The van der Waals surface area contributed by atoms with Crippen molar-refractivity contribution in [3.8, 4) is 0 Å². The molecule has 0 spiro atoms. The summed E-state index contributed by atoms with van der Waals surface area (Å²) >= 11 is 0. The molecule has 0 bridgehead atoms. The zero-order valence-electron chi connectivity index (χ0n) is 15.6. The minimum atomic E-state index is -0.664. The Hall–Kier alpha value is -3.09. The van der Waals surface area contributed by atoms with Gasteiger partial charge in [0.05, 0.1) is 11.1 Å². The molecule has 1 unspecified atom stereocenters. The standard InChI is InChI=1S/C21H20F2N2O3/c1-12-6-7-14-15(10-12)21(28)25(20(14)27)9-8-19(26)24-13(2)11-16-17(22)4-3-5-18(16)23/h3-7,10,13H,8-9,11H2,1-2H3,(H,24,26). The molecule has 146 valence electrons. The van der Waals surface area contributed by atoms with Crippen LogP contribution in [0.3, 0.4) is 0 Å². The van der Waals surface area contributed by atoms with E-state index in [1.165, 1.54) is 6.07 Å². The number of amides is 3. The summed E-state index contributed by atoms with van der Waals surface area (Å²) in [5.41, 5.74) is 1.45. The Morgan fingerprint density at radius 3 is 2.39 bits per heavy atom. The van der Waals surface area contributed by atoms with Crippen LogP contribution in [0.1, 0.15) is 45.2 Å². The Morgan fingerprint density at radius 1 is 1.07 bits per heavy atom. The molecule has 7 heteroatoms. The van der Waals surface area contributed by atoms with E-state index in [1.807, 2.05) is 6.92 Å². The van der Waals surface area contributed by atoms with Crippen LogP contribution in [0.15, 0.2) is 36.4 Å². The van der Waals surface area contributed by atoms with Gasteiger partial charge >= 0.3 is 0 Å². The number of imide groups is 1. The lowest BCUT2D eigenvalue weighted by molar-refractivity contribution is -0.121. The number of carbonyl (C=O) groups excluding carboxylic acids is 3. The molecule has 3 rings (SSSR count). The van der Waals surface area contributed by atoms with Crippen LogP contribution >= 0.6 is 0 Å². The number of nitrogens with one attached hydrogen (secondary N) is 1. The third kappa shape index (κ3) is 3.93. The maximum absolute atomic E-state index is 13.7. The second-order valence-electron chi connectivity index (χ2n) is 6.93. The minimum absolute atomic E-state index is 0.00343. The fraction of sp³-hybridized carbons (Fsp3) is 0.286. The smallest absolute Gasteiger partial charge is 0.261 e. The Labute approximate surface area is 161 Å². The highest BCUT2D eigenvalue weighted by molar-refractivity contribution is 6.21. The van der Waals surface area contributed by atoms with Gasteiger partial charge < -0.3 is 5.32 Å². The number of hydrogen-bond acceptors (Lipinski definition) is 3. The highest BCUT2D eigenvalue weighted by Crippen LogP contribution is 2.24. The molecule has 1 heterocycles. The maximum atomic E-state index is 13.7. The Bertz CT molecular complexity index is 938. The first kappa shape index (κ1) is 19.7. The Balaban J connectivity index is 1.56. The first-order chi connectivity index (χ1) is 13.3. The van der Waals surface area contributed by atoms with Crippen molar-refractivity contribution in [1.82, 2.24) is 10.2 Å². The molecule has 3 amide bonds. The number of rotatable bonds is 6. The van der Waals surface area contributed by atoms with Crippen LogP contribution in [0.4, 0.5) is 8.78 Å². The molecule has 1 atom stereocenters. The maximum Gasteiger partial charge on any atom is 0.261 e. The molecule has 5 nitrogen and oxygen atoms in total. The van der Waals surface area contributed by atoms with Crippen molar-refractivity contribution in [3.05, 3.63) is 70.3 Å². The molecule has 0 aromatic heterocycles. The van der Waals surface area contributed by atoms with E-state index in [9.17, 15) is 23.2 Å². The van der Waals surface area contributed by atoms with Crippen LogP contribution in [0.5, 0.6) is 0 Å². The van der Waals surface area contributed by atoms with Gasteiger partial charge in [0.25, 0.3) is 11.8 Å². The quantitative estimate of drug-likeness (QED) is 0.776. The lowest BCUT2D eigenvalue weighted by Crippen LogP contribution is -2.38. The Kier molecular flexibility index (Phi) is 5.53. The van der Waals surface area contributed by atoms with Gasteiger partial charge in [-0.3, -0.25) is 19.3 Å². The minimum Gasteiger partial charge on any atom is -0.353 e. The molecule has 0 aliphatic carbocycles.